The lowest BCUT2D eigenvalue weighted by atomic mass is 10.1. The van der Waals surface area contributed by atoms with Crippen LogP contribution in [0.2, 0.25) is 0 Å². The molecule has 4 amide bonds. The summed E-state index contributed by atoms with van der Waals surface area (Å²) in [6, 6.07) is 4.87. The van der Waals surface area contributed by atoms with Gasteiger partial charge in [0.1, 0.15) is 24.4 Å². The van der Waals surface area contributed by atoms with Crippen LogP contribution in [0.4, 0.5) is 0 Å². The zero-order valence-corrected chi connectivity index (χ0v) is 22.4. The van der Waals surface area contributed by atoms with Gasteiger partial charge in [-0.15, -0.1) is 0 Å². The predicted molar refractivity (Wildman–Crippen MR) is 143 cm³/mol. The van der Waals surface area contributed by atoms with Crippen LogP contribution in [0.5, 0.6) is 5.75 Å². The Kier molecular flexibility index (Phi) is 9.98. The van der Waals surface area contributed by atoms with Crippen LogP contribution >= 0.6 is 0 Å². The van der Waals surface area contributed by atoms with Gasteiger partial charge < -0.3 is 30.5 Å². The molecule has 4 rings (SSSR count). The van der Waals surface area contributed by atoms with E-state index in [9.17, 15) is 19.2 Å². The molecule has 10 heteroatoms. The summed E-state index contributed by atoms with van der Waals surface area (Å²) in [6.45, 7) is 6.02. The van der Waals surface area contributed by atoms with Crippen LogP contribution < -0.4 is 20.7 Å². The first-order valence-corrected chi connectivity index (χ1v) is 14.0. The van der Waals surface area contributed by atoms with Gasteiger partial charge in [-0.1, -0.05) is 25.0 Å². The maximum Gasteiger partial charge on any atom is 0.255 e. The van der Waals surface area contributed by atoms with Crippen molar-refractivity contribution < 1.29 is 23.9 Å². The summed E-state index contributed by atoms with van der Waals surface area (Å²) in [5, 5.41) is 8.34. The molecule has 3 heterocycles. The Morgan fingerprint density at radius 2 is 1.79 bits per heavy atom. The third-order valence-corrected chi connectivity index (χ3v) is 7.63. The van der Waals surface area contributed by atoms with E-state index in [1.165, 1.54) is 25.7 Å². The van der Waals surface area contributed by atoms with Crippen molar-refractivity contribution in [3.8, 4) is 5.75 Å². The second kappa shape index (κ2) is 13.6. The van der Waals surface area contributed by atoms with Gasteiger partial charge in [0.2, 0.25) is 17.7 Å². The molecule has 0 unspecified atom stereocenters. The second-order valence-corrected chi connectivity index (χ2v) is 10.6. The highest BCUT2D eigenvalue weighted by Crippen LogP contribution is 2.23. The Bertz CT molecular complexity index is 994. The first-order valence-electron chi connectivity index (χ1n) is 14.0. The first kappa shape index (κ1) is 27.9. The molecule has 208 valence electrons. The number of hydrogen-bond donors (Lipinski definition) is 3. The number of likely N-dealkylation sites (tertiary alicyclic amines) is 1. The molecule has 1 aromatic rings. The van der Waals surface area contributed by atoms with Gasteiger partial charge in [-0.05, 0) is 70.8 Å². The Balaban J connectivity index is 1.44. The van der Waals surface area contributed by atoms with Gasteiger partial charge in [0.25, 0.3) is 5.91 Å². The van der Waals surface area contributed by atoms with E-state index in [0.717, 1.165) is 38.9 Å². The first-order chi connectivity index (χ1) is 18.4. The molecule has 2 fully saturated rings. The minimum Gasteiger partial charge on any atom is -0.491 e. The molecule has 1 aromatic carbocycles. The van der Waals surface area contributed by atoms with Gasteiger partial charge in [-0.3, -0.25) is 19.2 Å². The minimum atomic E-state index is -1.08. The Morgan fingerprint density at radius 3 is 2.58 bits per heavy atom. The maximum atomic E-state index is 13.2. The standard InChI is InChI=1S/C28H41N5O5/c1-20-28(37)33-17-8-10-21(33)19-38-24-12-5-4-11-22(24)26(35)31-23(18-25(34)30-20)27(36)29-13-9-16-32-14-6-2-3-7-15-32/h4-5,11-12,20-21,23H,2-3,6-10,13-19H2,1H3,(H,29,36)(H,30,34)(H,31,35)/t20-,21+,23-/m0/s1. The average molecular weight is 528 g/mol. The average Bonchev–Trinajstić information content (AvgIpc) is 3.22. The number of ether oxygens (including phenoxy) is 1. The molecule has 0 radical (unpaired) electrons. The molecule has 0 spiro atoms. The van der Waals surface area contributed by atoms with Crippen LogP contribution in [-0.4, -0.2) is 90.9 Å². The highest BCUT2D eigenvalue weighted by molar-refractivity contribution is 6.01. The van der Waals surface area contributed by atoms with Crippen molar-refractivity contribution in [2.24, 2.45) is 0 Å². The molecule has 0 saturated carbocycles. The SMILES string of the molecule is C[C@@H]1NC(=O)C[C@@H](C(=O)NCCCN2CCCCCC2)NC(=O)c2ccccc2OC[C@H]2CCCN2C1=O. The number of carbonyl (C=O) groups excluding carboxylic acids is 4. The maximum absolute atomic E-state index is 13.2. The molecule has 0 bridgehead atoms. The van der Waals surface area contributed by atoms with Crippen LogP contribution in [0.3, 0.4) is 0 Å². The summed E-state index contributed by atoms with van der Waals surface area (Å²) < 4.78 is 6.02. The summed E-state index contributed by atoms with van der Waals surface area (Å²) in [5.41, 5.74) is 0.285. The second-order valence-electron chi connectivity index (χ2n) is 10.6. The molecule has 38 heavy (non-hydrogen) atoms. The molecule has 3 atom stereocenters. The lowest BCUT2D eigenvalue weighted by Crippen LogP contribution is -2.53. The van der Waals surface area contributed by atoms with Crippen LogP contribution in [0, 0.1) is 0 Å². The molecular formula is C28H41N5O5. The molecule has 0 aromatic heterocycles. The van der Waals surface area contributed by atoms with Crippen LogP contribution in [0.15, 0.2) is 24.3 Å². The van der Waals surface area contributed by atoms with Crippen LogP contribution in [0.25, 0.3) is 0 Å². The van der Waals surface area contributed by atoms with Gasteiger partial charge in [-0.25, -0.2) is 0 Å². The van der Waals surface area contributed by atoms with Crippen LogP contribution in [0.1, 0.15) is 68.6 Å². The molecule has 3 aliphatic rings. The summed E-state index contributed by atoms with van der Waals surface area (Å²) in [6.07, 6.45) is 7.12. The zero-order chi connectivity index (χ0) is 26.9. The zero-order valence-electron chi connectivity index (χ0n) is 22.4. The summed E-state index contributed by atoms with van der Waals surface area (Å²) in [7, 11) is 0. The van der Waals surface area contributed by atoms with Crippen molar-refractivity contribution in [3.05, 3.63) is 29.8 Å². The molecule has 2 saturated heterocycles. The number of hydrogen-bond acceptors (Lipinski definition) is 6. The molecule has 3 N–H and O–H groups in total. The number of nitrogens with zero attached hydrogens (tertiary/aromatic N) is 2. The van der Waals surface area contributed by atoms with Gasteiger partial charge in [0.05, 0.1) is 18.0 Å². The molecular weight excluding hydrogens is 486 g/mol. The number of carbonyl (C=O) groups is 4. The fourth-order valence-corrected chi connectivity index (χ4v) is 5.50. The third kappa shape index (κ3) is 7.46. The van der Waals surface area contributed by atoms with E-state index >= 15 is 0 Å². The number of nitrogens with one attached hydrogen (secondary N) is 3. The highest BCUT2D eigenvalue weighted by Gasteiger charge is 2.34. The Hall–Kier alpha value is -3.14. The van der Waals surface area contributed by atoms with Gasteiger partial charge in [-0.2, -0.15) is 0 Å². The number of rotatable bonds is 5. The fourth-order valence-electron chi connectivity index (χ4n) is 5.50. The van der Waals surface area contributed by atoms with Crippen molar-refractivity contribution in [2.45, 2.75) is 76.4 Å². The lowest BCUT2D eigenvalue weighted by molar-refractivity contribution is -0.137. The van der Waals surface area contributed by atoms with E-state index in [1.807, 2.05) is 0 Å². The Morgan fingerprint density at radius 1 is 1.03 bits per heavy atom. The highest BCUT2D eigenvalue weighted by atomic mass is 16.5. The van der Waals surface area contributed by atoms with E-state index < -0.39 is 29.8 Å². The molecule has 3 aliphatic heterocycles. The monoisotopic (exact) mass is 527 g/mol. The smallest absolute Gasteiger partial charge is 0.255 e. The lowest BCUT2D eigenvalue weighted by Gasteiger charge is -2.29. The van der Waals surface area contributed by atoms with Crippen molar-refractivity contribution in [1.29, 1.82) is 0 Å². The number of fused-ring (bicyclic) bond motifs is 2. The number of para-hydroxylation sites is 1. The van der Waals surface area contributed by atoms with E-state index in [0.29, 0.717) is 18.8 Å². The molecule has 0 aliphatic carbocycles. The van der Waals surface area contributed by atoms with Gasteiger partial charge >= 0.3 is 0 Å². The number of benzene rings is 1. The van der Waals surface area contributed by atoms with E-state index in [4.69, 9.17) is 4.74 Å². The summed E-state index contributed by atoms with van der Waals surface area (Å²) in [5.74, 6) is -1.16. The van der Waals surface area contributed by atoms with Crippen molar-refractivity contribution in [2.75, 3.05) is 39.3 Å². The van der Waals surface area contributed by atoms with E-state index in [-0.39, 0.29) is 30.5 Å². The van der Waals surface area contributed by atoms with E-state index in [2.05, 4.69) is 20.9 Å². The van der Waals surface area contributed by atoms with Crippen molar-refractivity contribution in [3.63, 3.8) is 0 Å². The summed E-state index contributed by atoms with van der Waals surface area (Å²) >= 11 is 0. The van der Waals surface area contributed by atoms with Gasteiger partial charge in [0.15, 0.2) is 0 Å². The predicted octanol–water partition coefficient (Wildman–Crippen LogP) is 1.45. The molecule has 10 nitrogen and oxygen atoms in total. The quantitative estimate of drug-likeness (QED) is 0.499. The van der Waals surface area contributed by atoms with Crippen molar-refractivity contribution >= 4 is 23.6 Å². The summed E-state index contributed by atoms with van der Waals surface area (Å²) in [4.78, 5) is 56.5. The van der Waals surface area contributed by atoms with Gasteiger partial charge in [0, 0.05) is 13.1 Å². The minimum absolute atomic E-state index is 0.131. The number of amides is 4. The fraction of sp³-hybridized carbons (Fsp3) is 0.643. The Labute approximate surface area is 224 Å². The third-order valence-electron chi connectivity index (χ3n) is 7.63. The van der Waals surface area contributed by atoms with Crippen molar-refractivity contribution in [1.82, 2.24) is 25.8 Å². The largest absolute Gasteiger partial charge is 0.491 e. The topological polar surface area (TPSA) is 120 Å². The van der Waals surface area contributed by atoms with E-state index in [1.54, 1.807) is 36.1 Å². The van der Waals surface area contributed by atoms with Crippen LogP contribution in [-0.2, 0) is 14.4 Å². The normalized spacial score (nSPS) is 25.7.